The summed E-state index contributed by atoms with van der Waals surface area (Å²) in [7, 11) is 1.50. The molecule has 0 radical (unpaired) electrons. The zero-order chi connectivity index (χ0) is 7.11. The Morgan fingerprint density at radius 1 is 1.22 bits per heavy atom. The lowest BCUT2D eigenvalue weighted by Crippen LogP contribution is -2.28. The van der Waals surface area contributed by atoms with Crippen molar-refractivity contribution in [2.45, 2.75) is 18.9 Å². The van der Waals surface area contributed by atoms with Crippen LogP contribution in [0.25, 0.3) is 0 Å². The summed E-state index contributed by atoms with van der Waals surface area (Å²) in [5.41, 5.74) is 10.1. The predicted molar refractivity (Wildman–Crippen MR) is 38.1 cm³/mol. The molecule has 1 aliphatic rings. The fourth-order valence-corrected chi connectivity index (χ4v) is 0.716. The molecule has 1 fully saturated rings. The van der Waals surface area contributed by atoms with E-state index in [-0.39, 0.29) is 0 Å². The molecule has 0 bridgehead atoms. The van der Waals surface area contributed by atoms with E-state index in [4.69, 9.17) is 10.5 Å². The highest BCUT2D eigenvalue weighted by molar-refractivity contribution is 4.63. The van der Waals surface area contributed by atoms with Gasteiger partial charge in [-0.3, -0.25) is 0 Å². The minimum atomic E-state index is 0.411. The lowest BCUT2D eigenvalue weighted by molar-refractivity contribution is 0.0866. The third-order valence-electron chi connectivity index (χ3n) is 1.27. The quantitative estimate of drug-likeness (QED) is 0.475. The Morgan fingerprint density at radius 2 is 1.67 bits per heavy atom. The smallest absolute Gasteiger partial charge is 0.0480 e. The molecule has 56 valence electrons. The molecule has 1 saturated heterocycles. The molecule has 0 aromatic carbocycles. The Bertz CT molecular complexity index is 53.0. The maximum Gasteiger partial charge on any atom is 0.0480 e. The van der Waals surface area contributed by atoms with Crippen molar-refractivity contribution in [3.63, 3.8) is 0 Å². The van der Waals surface area contributed by atoms with E-state index in [1.165, 1.54) is 7.05 Å². The van der Waals surface area contributed by atoms with E-state index in [1.807, 2.05) is 0 Å². The van der Waals surface area contributed by atoms with Crippen molar-refractivity contribution in [2.24, 2.45) is 11.5 Å². The first-order valence-electron chi connectivity index (χ1n) is 3.30. The van der Waals surface area contributed by atoms with Gasteiger partial charge in [0.25, 0.3) is 0 Å². The monoisotopic (exact) mass is 132 g/mol. The van der Waals surface area contributed by atoms with Crippen molar-refractivity contribution < 1.29 is 4.74 Å². The normalized spacial score (nSPS) is 20.3. The number of ether oxygens (including phenoxy) is 1. The standard InChI is InChI=1S/C5H11NO.CH5N/c6-5-1-3-7-4-2-5;1-2/h5H,1-4,6H2;2H2,1H3. The molecule has 3 nitrogen and oxygen atoms in total. The van der Waals surface area contributed by atoms with Gasteiger partial charge in [-0.25, -0.2) is 0 Å². The van der Waals surface area contributed by atoms with Gasteiger partial charge in [-0.15, -0.1) is 0 Å². The van der Waals surface area contributed by atoms with Gasteiger partial charge >= 0.3 is 0 Å². The summed E-state index contributed by atoms with van der Waals surface area (Å²) < 4.78 is 5.06. The van der Waals surface area contributed by atoms with Crippen molar-refractivity contribution in [3.05, 3.63) is 0 Å². The summed E-state index contributed by atoms with van der Waals surface area (Å²) in [6.45, 7) is 1.72. The van der Waals surface area contributed by atoms with Crippen molar-refractivity contribution in [1.82, 2.24) is 0 Å². The van der Waals surface area contributed by atoms with Crippen LogP contribution in [0.5, 0.6) is 0 Å². The van der Waals surface area contributed by atoms with Crippen LogP contribution < -0.4 is 11.5 Å². The number of nitrogens with two attached hydrogens (primary N) is 2. The van der Waals surface area contributed by atoms with Crippen LogP contribution in [0.1, 0.15) is 12.8 Å². The van der Waals surface area contributed by atoms with Gasteiger partial charge in [0.15, 0.2) is 0 Å². The molecule has 0 atom stereocenters. The lowest BCUT2D eigenvalue weighted by atomic mass is 10.1. The van der Waals surface area contributed by atoms with Gasteiger partial charge in [0.05, 0.1) is 0 Å². The Kier molecular flexibility index (Phi) is 5.93. The average molecular weight is 132 g/mol. The van der Waals surface area contributed by atoms with Crippen molar-refractivity contribution in [1.29, 1.82) is 0 Å². The van der Waals surface area contributed by atoms with Crippen LogP contribution >= 0.6 is 0 Å². The minimum Gasteiger partial charge on any atom is -0.381 e. The van der Waals surface area contributed by atoms with E-state index >= 15 is 0 Å². The number of hydrogen-bond acceptors (Lipinski definition) is 3. The van der Waals surface area contributed by atoms with E-state index in [2.05, 4.69) is 5.73 Å². The molecule has 0 saturated carbocycles. The molecular formula is C6H16N2O. The second kappa shape index (κ2) is 6.01. The Labute approximate surface area is 56.4 Å². The van der Waals surface area contributed by atoms with Gasteiger partial charge in [0.2, 0.25) is 0 Å². The Balaban J connectivity index is 0.000000291. The van der Waals surface area contributed by atoms with Crippen molar-refractivity contribution >= 4 is 0 Å². The number of rotatable bonds is 0. The highest BCUT2D eigenvalue weighted by atomic mass is 16.5. The molecule has 4 N–H and O–H groups in total. The fraction of sp³-hybridized carbons (Fsp3) is 1.00. The largest absolute Gasteiger partial charge is 0.381 e. The van der Waals surface area contributed by atoms with Crippen molar-refractivity contribution in [2.75, 3.05) is 20.3 Å². The fourth-order valence-electron chi connectivity index (χ4n) is 0.716. The third-order valence-corrected chi connectivity index (χ3v) is 1.27. The summed E-state index contributed by atoms with van der Waals surface area (Å²) in [6.07, 6.45) is 2.08. The van der Waals surface area contributed by atoms with Gasteiger partial charge in [-0.05, 0) is 19.9 Å². The predicted octanol–water partition coefficient (Wildman–Crippen LogP) is -0.301. The van der Waals surface area contributed by atoms with E-state index < -0.39 is 0 Å². The molecule has 3 heteroatoms. The van der Waals surface area contributed by atoms with E-state index in [0.717, 1.165) is 26.1 Å². The molecule has 0 aromatic rings. The minimum absolute atomic E-state index is 0.411. The lowest BCUT2D eigenvalue weighted by Gasteiger charge is -2.16. The maximum absolute atomic E-state index is 5.55. The van der Waals surface area contributed by atoms with Gasteiger partial charge < -0.3 is 16.2 Å². The van der Waals surface area contributed by atoms with Gasteiger partial charge in [0.1, 0.15) is 0 Å². The molecule has 1 aliphatic heterocycles. The first-order valence-corrected chi connectivity index (χ1v) is 3.30. The second-order valence-electron chi connectivity index (χ2n) is 1.95. The van der Waals surface area contributed by atoms with E-state index in [1.54, 1.807) is 0 Å². The molecule has 0 aliphatic carbocycles. The topological polar surface area (TPSA) is 61.3 Å². The molecule has 1 rings (SSSR count). The Hall–Kier alpha value is -0.120. The summed E-state index contributed by atoms with van der Waals surface area (Å²) in [6, 6.07) is 0.411. The Morgan fingerprint density at radius 3 is 1.89 bits per heavy atom. The van der Waals surface area contributed by atoms with Crippen LogP contribution in [0.3, 0.4) is 0 Å². The molecule has 0 amide bonds. The third kappa shape index (κ3) is 4.39. The molecule has 0 unspecified atom stereocenters. The van der Waals surface area contributed by atoms with Gasteiger partial charge in [0, 0.05) is 19.3 Å². The van der Waals surface area contributed by atoms with Crippen LogP contribution in [0.4, 0.5) is 0 Å². The number of hydrogen-bond donors (Lipinski definition) is 2. The van der Waals surface area contributed by atoms with E-state index in [0.29, 0.717) is 6.04 Å². The van der Waals surface area contributed by atoms with Crippen molar-refractivity contribution in [3.8, 4) is 0 Å². The van der Waals surface area contributed by atoms with Gasteiger partial charge in [-0.1, -0.05) is 0 Å². The van der Waals surface area contributed by atoms with Crippen LogP contribution in [-0.4, -0.2) is 26.3 Å². The summed E-state index contributed by atoms with van der Waals surface area (Å²) in [5, 5.41) is 0. The molecule has 9 heavy (non-hydrogen) atoms. The maximum atomic E-state index is 5.55. The highest BCUT2D eigenvalue weighted by Gasteiger charge is 2.06. The summed E-state index contributed by atoms with van der Waals surface area (Å²) in [4.78, 5) is 0. The molecule has 0 spiro atoms. The zero-order valence-corrected chi connectivity index (χ0v) is 5.97. The molecule has 0 aromatic heterocycles. The van der Waals surface area contributed by atoms with Crippen LogP contribution in [0.15, 0.2) is 0 Å². The summed E-state index contributed by atoms with van der Waals surface area (Å²) in [5.74, 6) is 0. The highest BCUT2D eigenvalue weighted by Crippen LogP contribution is 2.01. The summed E-state index contributed by atoms with van der Waals surface area (Å²) >= 11 is 0. The molecule has 1 heterocycles. The van der Waals surface area contributed by atoms with E-state index in [9.17, 15) is 0 Å². The zero-order valence-electron chi connectivity index (χ0n) is 5.97. The first kappa shape index (κ1) is 8.88. The average Bonchev–Trinajstić information content (AvgIpc) is 1.94. The van der Waals surface area contributed by atoms with Crippen LogP contribution in [0, 0.1) is 0 Å². The first-order chi connectivity index (χ1) is 4.39. The van der Waals surface area contributed by atoms with Gasteiger partial charge in [-0.2, -0.15) is 0 Å². The SMILES string of the molecule is CN.NC1CCOCC1. The van der Waals surface area contributed by atoms with Crippen LogP contribution in [-0.2, 0) is 4.74 Å². The molecular weight excluding hydrogens is 116 g/mol. The van der Waals surface area contributed by atoms with Crippen LogP contribution in [0.2, 0.25) is 0 Å². The second-order valence-corrected chi connectivity index (χ2v) is 1.95.